The molecule has 0 saturated carbocycles. The number of benzene rings is 1. The van der Waals surface area contributed by atoms with Gasteiger partial charge in [0.15, 0.2) is 0 Å². The van der Waals surface area contributed by atoms with Crippen molar-refractivity contribution in [3.8, 4) is 0 Å². The summed E-state index contributed by atoms with van der Waals surface area (Å²) in [7, 11) is 0. The number of hydrogen-bond donors (Lipinski definition) is 2. The average molecular weight is 267 g/mol. The fourth-order valence-corrected chi connectivity index (χ4v) is 1.70. The maximum atomic E-state index is 11.7. The van der Waals surface area contributed by atoms with Gasteiger partial charge >= 0.3 is 6.03 Å². The first-order valence-corrected chi connectivity index (χ1v) is 6.37. The summed E-state index contributed by atoms with van der Waals surface area (Å²) in [6.07, 6.45) is 5.09. The maximum absolute atomic E-state index is 11.7. The Kier molecular flexibility index (Phi) is 4.50. The minimum Gasteiger partial charge on any atom is -0.314 e. The van der Waals surface area contributed by atoms with Crippen LogP contribution in [0.2, 0.25) is 0 Å². The number of anilines is 1. The highest BCUT2D eigenvalue weighted by Gasteiger charge is 1.98. The summed E-state index contributed by atoms with van der Waals surface area (Å²) in [5, 5.41) is 5.36. The molecule has 0 fully saturated rings. The highest BCUT2D eigenvalue weighted by atomic mass is 16.2. The zero-order chi connectivity index (χ0) is 14.4. The monoisotopic (exact) mass is 267 g/mol. The molecule has 4 heteroatoms. The summed E-state index contributed by atoms with van der Waals surface area (Å²) >= 11 is 0. The van der Waals surface area contributed by atoms with E-state index >= 15 is 0 Å². The number of aromatic nitrogens is 1. The summed E-state index contributed by atoms with van der Waals surface area (Å²) in [6.45, 7) is 3.93. The lowest BCUT2D eigenvalue weighted by Crippen LogP contribution is -2.23. The van der Waals surface area contributed by atoms with Crippen LogP contribution >= 0.6 is 0 Å². The van der Waals surface area contributed by atoms with E-state index in [4.69, 9.17) is 0 Å². The largest absolute Gasteiger partial charge is 0.323 e. The van der Waals surface area contributed by atoms with E-state index in [-0.39, 0.29) is 6.03 Å². The minimum absolute atomic E-state index is 0.292. The number of amides is 2. The van der Waals surface area contributed by atoms with E-state index in [0.29, 0.717) is 5.69 Å². The minimum atomic E-state index is -0.292. The molecular weight excluding hydrogens is 250 g/mol. The highest BCUT2D eigenvalue weighted by molar-refractivity contribution is 5.90. The number of aryl methyl sites for hydroxylation is 2. The van der Waals surface area contributed by atoms with Gasteiger partial charge in [0.1, 0.15) is 0 Å². The Hall–Kier alpha value is -2.62. The van der Waals surface area contributed by atoms with Gasteiger partial charge in [0.05, 0.1) is 11.9 Å². The molecule has 0 spiro atoms. The number of pyridine rings is 1. The molecule has 4 nitrogen and oxygen atoms in total. The van der Waals surface area contributed by atoms with Crippen LogP contribution in [-0.4, -0.2) is 11.0 Å². The predicted octanol–water partition coefficient (Wildman–Crippen LogP) is 3.49. The van der Waals surface area contributed by atoms with Gasteiger partial charge in [-0.15, -0.1) is 0 Å². The van der Waals surface area contributed by atoms with Crippen molar-refractivity contribution < 1.29 is 4.79 Å². The first-order chi connectivity index (χ1) is 9.63. The van der Waals surface area contributed by atoms with Gasteiger partial charge in [0.25, 0.3) is 0 Å². The number of nitrogens with one attached hydrogen (secondary N) is 2. The number of hydrogen-bond acceptors (Lipinski definition) is 2. The van der Waals surface area contributed by atoms with E-state index in [1.165, 1.54) is 5.56 Å². The van der Waals surface area contributed by atoms with E-state index in [1.54, 1.807) is 12.4 Å². The van der Waals surface area contributed by atoms with Crippen molar-refractivity contribution in [1.29, 1.82) is 0 Å². The molecule has 1 aromatic heterocycles. The molecule has 0 saturated heterocycles. The SMILES string of the molecule is Cc1cccc(/C=C/NC(=O)Nc2ccc(C)nc2)c1. The second-order valence-electron chi connectivity index (χ2n) is 4.53. The second-order valence-corrected chi connectivity index (χ2v) is 4.53. The molecule has 2 rings (SSSR count). The Labute approximate surface area is 118 Å². The summed E-state index contributed by atoms with van der Waals surface area (Å²) in [5.74, 6) is 0. The van der Waals surface area contributed by atoms with Crippen LogP contribution in [-0.2, 0) is 0 Å². The van der Waals surface area contributed by atoms with Gasteiger partial charge in [-0.25, -0.2) is 4.79 Å². The normalized spacial score (nSPS) is 10.5. The summed E-state index contributed by atoms with van der Waals surface area (Å²) in [6, 6.07) is 11.4. The van der Waals surface area contributed by atoms with E-state index < -0.39 is 0 Å². The van der Waals surface area contributed by atoms with Crippen molar-refractivity contribution >= 4 is 17.8 Å². The van der Waals surface area contributed by atoms with Crippen molar-refractivity contribution in [3.05, 3.63) is 65.6 Å². The Morgan fingerprint density at radius 2 is 2.05 bits per heavy atom. The third kappa shape index (κ3) is 4.24. The van der Waals surface area contributed by atoms with Gasteiger partial charge in [0.2, 0.25) is 0 Å². The predicted molar refractivity (Wildman–Crippen MR) is 81.3 cm³/mol. The number of nitrogens with zero attached hydrogens (tertiary/aromatic N) is 1. The number of rotatable bonds is 3. The third-order valence-corrected chi connectivity index (χ3v) is 2.70. The van der Waals surface area contributed by atoms with Crippen LogP contribution in [0.5, 0.6) is 0 Å². The van der Waals surface area contributed by atoms with Crippen molar-refractivity contribution in [2.24, 2.45) is 0 Å². The molecule has 2 aromatic rings. The van der Waals surface area contributed by atoms with Gasteiger partial charge in [-0.3, -0.25) is 4.98 Å². The first-order valence-electron chi connectivity index (χ1n) is 6.37. The number of urea groups is 1. The summed E-state index contributed by atoms with van der Waals surface area (Å²) in [4.78, 5) is 15.8. The molecule has 0 radical (unpaired) electrons. The molecular formula is C16H17N3O. The zero-order valence-electron chi connectivity index (χ0n) is 11.6. The van der Waals surface area contributed by atoms with Crippen LogP contribution in [0.4, 0.5) is 10.5 Å². The Balaban J connectivity index is 1.87. The van der Waals surface area contributed by atoms with E-state index in [9.17, 15) is 4.79 Å². The number of carbonyl (C=O) groups is 1. The Morgan fingerprint density at radius 1 is 1.20 bits per heavy atom. The van der Waals surface area contributed by atoms with Crippen LogP contribution < -0.4 is 10.6 Å². The van der Waals surface area contributed by atoms with Crippen LogP contribution in [0, 0.1) is 13.8 Å². The summed E-state index contributed by atoms with van der Waals surface area (Å²) in [5.41, 5.74) is 3.80. The molecule has 0 aliphatic rings. The molecule has 0 aliphatic heterocycles. The molecule has 2 N–H and O–H groups in total. The summed E-state index contributed by atoms with van der Waals surface area (Å²) < 4.78 is 0. The maximum Gasteiger partial charge on any atom is 0.323 e. The van der Waals surface area contributed by atoms with Crippen LogP contribution in [0.15, 0.2) is 48.8 Å². The van der Waals surface area contributed by atoms with Crippen LogP contribution in [0.25, 0.3) is 6.08 Å². The van der Waals surface area contributed by atoms with Crippen molar-refractivity contribution in [2.75, 3.05) is 5.32 Å². The van der Waals surface area contributed by atoms with Gasteiger partial charge in [0, 0.05) is 11.9 Å². The fraction of sp³-hybridized carbons (Fsp3) is 0.125. The van der Waals surface area contributed by atoms with Gasteiger partial charge in [-0.05, 0) is 37.6 Å². The van der Waals surface area contributed by atoms with Crippen molar-refractivity contribution in [2.45, 2.75) is 13.8 Å². The first kappa shape index (κ1) is 13.8. The van der Waals surface area contributed by atoms with Crippen LogP contribution in [0.3, 0.4) is 0 Å². The molecule has 2 amide bonds. The molecule has 0 atom stereocenters. The Morgan fingerprint density at radius 3 is 2.75 bits per heavy atom. The smallest absolute Gasteiger partial charge is 0.314 e. The molecule has 0 aliphatic carbocycles. The third-order valence-electron chi connectivity index (χ3n) is 2.70. The topological polar surface area (TPSA) is 54.0 Å². The lowest BCUT2D eigenvalue weighted by atomic mass is 10.1. The van der Waals surface area contributed by atoms with Crippen molar-refractivity contribution in [3.63, 3.8) is 0 Å². The lowest BCUT2D eigenvalue weighted by molar-refractivity contribution is 0.255. The van der Waals surface area contributed by atoms with E-state index in [2.05, 4.69) is 15.6 Å². The average Bonchev–Trinajstić information content (AvgIpc) is 2.41. The molecule has 20 heavy (non-hydrogen) atoms. The standard InChI is InChI=1S/C16H17N3O/c1-12-4-3-5-14(10-12)8-9-17-16(20)19-15-7-6-13(2)18-11-15/h3-11H,1-2H3,(H2,17,19,20)/b9-8+. The molecule has 102 valence electrons. The molecule has 1 aromatic carbocycles. The quantitative estimate of drug-likeness (QED) is 0.894. The zero-order valence-corrected chi connectivity index (χ0v) is 11.6. The number of carbonyl (C=O) groups excluding carboxylic acids is 1. The fourth-order valence-electron chi connectivity index (χ4n) is 1.70. The van der Waals surface area contributed by atoms with E-state index in [0.717, 1.165) is 11.3 Å². The van der Waals surface area contributed by atoms with Gasteiger partial charge in [-0.1, -0.05) is 29.8 Å². The van der Waals surface area contributed by atoms with Crippen molar-refractivity contribution in [1.82, 2.24) is 10.3 Å². The Bertz CT molecular complexity index is 618. The van der Waals surface area contributed by atoms with E-state index in [1.807, 2.05) is 56.3 Å². The van der Waals surface area contributed by atoms with Gasteiger partial charge < -0.3 is 10.6 Å². The second kappa shape index (κ2) is 6.52. The highest BCUT2D eigenvalue weighted by Crippen LogP contribution is 2.06. The molecule has 0 bridgehead atoms. The molecule has 0 unspecified atom stereocenters. The van der Waals surface area contributed by atoms with Crippen LogP contribution in [0.1, 0.15) is 16.8 Å². The van der Waals surface area contributed by atoms with Gasteiger partial charge in [-0.2, -0.15) is 0 Å². The molecule has 1 heterocycles. The lowest BCUT2D eigenvalue weighted by Gasteiger charge is -2.04.